The Morgan fingerprint density at radius 2 is 1.83 bits per heavy atom. The quantitative estimate of drug-likeness (QED) is 0.225. The number of rotatable bonds is 9. The van der Waals surface area contributed by atoms with Gasteiger partial charge in [0.15, 0.2) is 5.96 Å². The van der Waals surface area contributed by atoms with Crippen molar-refractivity contribution in [3.63, 3.8) is 0 Å². The lowest BCUT2D eigenvalue weighted by Crippen LogP contribution is -2.52. The van der Waals surface area contributed by atoms with Crippen LogP contribution in [0.5, 0.6) is 0 Å². The van der Waals surface area contributed by atoms with Gasteiger partial charge in [0, 0.05) is 46.4 Å². The lowest BCUT2D eigenvalue weighted by molar-refractivity contribution is 0.0453. The van der Waals surface area contributed by atoms with E-state index in [1.165, 1.54) is 16.1 Å². The monoisotopic (exact) mass is 544 g/mol. The van der Waals surface area contributed by atoms with Crippen molar-refractivity contribution < 1.29 is 9.47 Å². The van der Waals surface area contributed by atoms with Crippen LogP contribution in [0, 0.1) is 0 Å². The standard InChI is InChI=1S/C22H32N4O2S.HI/c1-3-27-13-14-28-18-20-7-4-6-19(16-20)17-24-22(23-2)26-11-9-25(10-12-26)21-8-5-15-29-21;/h4-8,15-16H,3,9-14,17-18H2,1-2H3,(H,23,24);1H. The van der Waals surface area contributed by atoms with Gasteiger partial charge in [0.1, 0.15) is 0 Å². The van der Waals surface area contributed by atoms with Crippen molar-refractivity contribution in [2.75, 3.05) is 57.9 Å². The van der Waals surface area contributed by atoms with Gasteiger partial charge in [-0.05, 0) is 35.6 Å². The second-order valence-corrected chi connectivity index (χ2v) is 7.82. The summed E-state index contributed by atoms with van der Waals surface area (Å²) in [4.78, 5) is 9.28. The van der Waals surface area contributed by atoms with E-state index in [0.29, 0.717) is 19.8 Å². The lowest BCUT2D eigenvalue weighted by Gasteiger charge is -2.37. The highest BCUT2D eigenvalue weighted by Crippen LogP contribution is 2.22. The summed E-state index contributed by atoms with van der Waals surface area (Å²) in [6.07, 6.45) is 0. The zero-order valence-electron chi connectivity index (χ0n) is 17.9. The summed E-state index contributed by atoms with van der Waals surface area (Å²) in [5.41, 5.74) is 2.41. The molecular formula is C22H33IN4O2S. The van der Waals surface area contributed by atoms with Gasteiger partial charge in [0.05, 0.1) is 24.8 Å². The maximum Gasteiger partial charge on any atom is 0.194 e. The zero-order valence-corrected chi connectivity index (χ0v) is 21.0. The molecule has 2 heterocycles. The molecule has 0 aliphatic carbocycles. The van der Waals surface area contributed by atoms with Crippen LogP contribution in [0.2, 0.25) is 0 Å². The molecule has 0 spiro atoms. The molecule has 1 aliphatic rings. The maximum absolute atomic E-state index is 5.68. The predicted molar refractivity (Wildman–Crippen MR) is 136 cm³/mol. The molecule has 3 rings (SSSR count). The van der Waals surface area contributed by atoms with Crippen LogP contribution in [0.15, 0.2) is 46.8 Å². The minimum atomic E-state index is 0. The zero-order chi connectivity index (χ0) is 20.3. The number of halogens is 1. The summed E-state index contributed by atoms with van der Waals surface area (Å²) >= 11 is 1.81. The van der Waals surface area contributed by atoms with Crippen LogP contribution >= 0.6 is 35.3 Å². The van der Waals surface area contributed by atoms with Gasteiger partial charge in [-0.2, -0.15) is 0 Å². The van der Waals surface area contributed by atoms with Gasteiger partial charge in [-0.25, -0.2) is 0 Å². The molecule has 0 amide bonds. The number of hydrogen-bond acceptors (Lipinski definition) is 5. The minimum absolute atomic E-state index is 0. The number of benzene rings is 1. The van der Waals surface area contributed by atoms with Gasteiger partial charge in [-0.3, -0.25) is 4.99 Å². The van der Waals surface area contributed by atoms with Crippen LogP contribution in [-0.4, -0.2) is 63.9 Å². The van der Waals surface area contributed by atoms with E-state index in [2.05, 4.69) is 61.9 Å². The average molecular weight is 545 g/mol. The molecule has 1 aromatic heterocycles. The molecule has 0 saturated carbocycles. The molecule has 0 bridgehead atoms. The van der Waals surface area contributed by atoms with Gasteiger partial charge >= 0.3 is 0 Å². The number of nitrogens with zero attached hydrogens (tertiary/aromatic N) is 3. The number of hydrogen-bond donors (Lipinski definition) is 1. The van der Waals surface area contributed by atoms with E-state index in [0.717, 1.165) is 45.3 Å². The molecule has 1 aliphatic heterocycles. The second kappa shape index (κ2) is 13.8. The van der Waals surface area contributed by atoms with Crippen LogP contribution in [0.3, 0.4) is 0 Å². The van der Waals surface area contributed by atoms with Crippen molar-refractivity contribution in [3.8, 4) is 0 Å². The highest BCUT2D eigenvalue weighted by atomic mass is 127. The average Bonchev–Trinajstić information content (AvgIpc) is 3.30. The topological polar surface area (TPSA) is 49.3 Å². The number of guanidine groups is 1. The van der Waals surface area contributed by atoms with Crippen LogP contribution in [0.25, 0.3) is 0 Å². The number of anilines is 1. The molecular weight excluding hydrogens is 511 g/mol. The minimum Gasteiger partial charge on any atom is -0.379 e. The van der Waals surface area contributed by atoms with Crippen molar-refractivity contribution in [1.29, 1.82) is 0 Å². The number of ether oxygens (including phenoxy) is 2. The fraction of sp³-hybridized carbons (Fsp3) is 0.500. The fourth-order valence-corrected chi connectivity index (χ4v) is 4.17. The smallest absolute Gasteiger partial charge is 0.194 e. The Bertz CT molecular complexity index is 749. The first-order chi connectivity index (χ1) is 14.3. The van der Waals surface area contributed by atoms with Crippen molar-refractivity contribution in [1.82, 2.24) is 10.2 Å². The Morgan fingerprint density at radius 3 is 2.53 bits per heavy atom. The molecule has 0 unspecified atom stereocenters. The van der Waals surface area contributed by atoms with E-state index in [1.54, 1.807) is 0 Å². The molecule has 1 aromatic carbocycles. The number of thiophene rings is 1. The summed E-state index contributed by atoms with van der Waals surface area (Å²) in [6.45, 7) is 9.37. The molecule has 30 heavy (non-hydrogen) atoms. The van der Waals surface area contributed by atoms with Crippen LogP contribution in [0.1, 0.15) is 18.1 Å². The molecule has 1 fully saturated rings. The van der Waals surface area contributed by atoms with E-state index in [-0.39, 0.29) is 24.0 Å². The Morgan fingerprint density at radius 1 is 1.07 bits per heavy atom. The van der Waals surface area contributed by atoms with Crippen molar-refractivity contribution >= 4 is 46.3 Å². The Labute approximate surface area is 201 Å². The highest BCUT2D eigenvalue weighted by molar-refractivity contribution is 14.0. The largest absolute Gasteiger partial charge is 0.379 e. The molecule has 0 radical (unpaired) electrons. The molecule has 6 nitrogen and oxygen atoms in total. The van der Waals surface area contributed by atoms with Crippen molar-refractivity contribution in [2.24, 2.45) is 4.99 Å². The lowest BCUT2D eigenvalue weighted by atomic mass is 10.1. The molecule has 0 atom stereocenters. The fourth-order valence-electron chi connectivity index (χ4n) is 3.38. The van der Waals surface area contributed by atoms with Gasteiger partial charge < -0.3 is 24.6 Å². The highest BCUT2D eigenvalue weighted by Gasteiger charge is 2.20. The van der Waals surface area contributed by atoms with Crippen LogP contribution in [-0.2, 0) is 22.6 Å². The first-order valence-corrected chi connectivity index (χ1v) is 11.2. The normalized spacial score (nSPS) is 14.5. The first-order valence-electron chi connectivity index (χ1n) is 10.3. The summed E-state index contributed by atoms with van der Waals surface area (Å²) in [6, 6.07) is 12.8. The van der Waals surface area contributed by atoms with E-state index < -0.39 is 0 Å². The van der Waals surface area contributed by atoms with Gasteiger partial charge in [-0.1, -0.05) is 24.3 Å². The van der Waals surface area contributed by atoms with E-state index in [9.17, 15) is 0 Å². The first kappa shape index (κ1) is 24.9. The SMILES string of the molecule is CCOCCOCc1cccc(CNC(=NC)N2CCN(c3cccs3)CC2)c1.I. The third-order valence-electron chi connectivity index (χ3n) is 4.90. The number of piperazine rings is 1. The Hall–Kier alpha value is -1.36. The predicted octanol–water partition coefficient (Wildman–Crippen LogP) is 3.82. The van der Waals surface area contributed by atoms with E-state index in [4.69, 9.17) is 9.47 Å². The van der Waals surface area contributed by atoms with Crippen LogP contribution in [0.4, 0.5) is 5.00 Å². The molecule has 166 valence electrons. The summed E-state index contributed by atoms with van der Waals surface area (Å²) in [5.74, 6) is 0.967. The summed E-state index contributed by atoms with van der Waals surface area (Å²) < 4.78 is 11.0. The third kappa shape index (κ3) is 7.72. The van der Waals surface area contributed by atoms with Crippen LogP contribution < -0.4 is 10.2 Å². The van der Waals surface area contributed by atoms with Crippen molar-refractivity contribution in [3.05, 3.63) is 52.9 Å². The number of nitrogens with one attached hydrogen (secondary N) is 1. The molecule has 8 heteroatoms. The van der Waals surface area contributed by atoms with E-state index in [1.807, 2.05) is 25.3 Å². The number of aliphatic imine (C=N–C) groups is 1. The van der Waals surface area contributed by atoms with Crippen molar-refractivity contribution in [2.45, 2.75) is 20.1 Å². The van der Waals surface area contributed by atoms with Gasteiger partial charge in [-0.15, -0.1) is 35.3 Å². The van der Waals surface area contributed by atoms with Gasteiger partial charge in [0.2, 0.25) is 0 Å². The van der Waals surface area contributed by atoms with Gasteiger partial charge in [0.25, 0.3) is 0 Å². The Kier molecular flexibility index (Phi) is 11.5. The maximum atomic E-state index is 5.68. The summed E-state index contributed by atoms with van der Waals surface area (Å²) in [7, 11) is 1.86. The van der Waals surface area contributed by atoms with E-state index >= 15 is 0 Å². The molecule has 1 N–H and O–H groups in total. The molecule has 1 saturated heterocycles. The third-order valence-corrected chi connectivity index (χ3v) is 5.82. The molecule has 2 aromatic rings. The summed E-state index contributed by atoms with van der Waals surface area (Å²) in [5, 5.41) is 7.01. The second-order valence-electron chi connectivity index (χ2n) is 6.90. The Balaban J connectivity index is 0.00000320.